The van der Waals surface area contributed by atoms with Crippen molar-refractivity contribution in [3.05, 3.63) is 71.5 Å². The summed E-state index contributed by atoms with van der Waals surface area (Å²) < 4.78 is 27.0. The van der Waals surface area contributed by atoms with Crippen LogP contribution >= 0.6 is 11.6 Å². The Morgan fingerprint density at radius 1 is 1.15 bits per heavy atom. The van der Waals surface area contributed by atoms with E-state index in [9.17, 15) is 13.2 Å². The van der Waals surface area contributed by atoms with Crippen molar-refractivity contribution in [3.8, 4) is 5.69 Å². The molecule has 0 spiro atoms. The summed E-state index contributed by atoms with van der Waals surface area (Å²) >= 11 is 6.06. The van der Waals surface area contributed by atoms with Crippen LogP contribution in [0, 0.1) is 0 Å². The normalized spacial score (nSPS) is 11.6. The standard InChI is InChI=1S/C18H17ClN4O3S/c1-22(2)27(25,26)15-7-4-13(5-8-15)18(24)21-16-12-14(19)6-9-17(16)23-11-3-10-20-23/h3-12H,1-2H3,(H,21,24). The molecule has 0 atom stereocenters. The summed E-state index contributed by atoms with van der Waals surface area (Å²) in [5.74, 6) is -0.389. The molecule has 1 heterocycles. The van der Waals surface area contributed by atoms with E-state index in [2.05, 4.69) is 10.4 Å². The van der Waals surface area contributed by atoms with Crippen LogP contribution < -0.4 is 5.32 Å². The summed E-state index contributed by atoms with van der Waals surface area (Å²) in [7, 11) is -0.647. The van der Waals surface area contributed by atoms with Crippen molar-refractivity contribution in [2.45, 2.75) is 4.90 Å². The molecular formula is C18H17ClN4O3S. The summed E-state index contributed by atoms with van der Waals surface area (Å²) in [5, 5.41) is 7.42. The van der Waals surface area contributed by atoms with Crippen LogP contribution in [0.15, 0.2) is 65.8 Å². The molecule has 0 saturated carbocycles. The molecule has 140 valence electrons. The first-order valence-electron chi connectivity index (χ1n) is 7.92. The number of aromatic nitrogens is 2. The summed E-state index contributed by atoms with van der Waals surface area (Å²) in [4.78, 5) is 12.7. The van der Waals surface area contributed by atoms with E-state index < -0.39 is 10.0 Å². The number of amides is 1. The van der Waals surface area contributed by atoms with Crippen molar-refractivity contribution in [1.29, 1.82) is 0 Å². The number of sulfonamides is 1. The second-order valence-electron chi connectivity index (χ2n) is 5.88. The Labute approximate surface area is 162 Å². The summed E-state index contributed by atoms with van der Waals surface area (Å²) in [6.45, 7) is 0. The lowest BCUT2D eigenvalue weighted by Crippen LogP contribution is -2.22. The van der Waals surface area contributed by atoms with Crippen LogP contribution in [0.3, 0.4) is 0 Å². The summed E-state index contributed by atoms with van der Waals surface area (Å²) in [5.41, 5.74) is 1.46. The molecule has 9 heteroatoms. The maximum Gasteiger partial charge on any atom is 0.255 e. The Morgan fingerprint density at radius 2 is 1.85 bits per heavy atom. The predicted molar refractivity (Wildman–Crippen MR) is 104 cm³/mol. The van der Waals surface area contributed by atoms with Gasteiger partial charge in [0.15, 0.2) is 0 Å². The number of anilines is 1. The number of hydrogen-bond acceptors (Lipinski definition) is 4. The first-order valence-corrected chi connectivity index (χ1v) is 9.74. The minimum Gasteiger partial charge on any atom is -0.320 e. The highest BCUT2D eigenvalue weighted by atomic mass is 35.5. The number of hydrogen-bond donors (Lipinski definition) is 1. The molecule has 0 bridgehead atoms. The molecule has 1 N–H and O–H groups in total. The van der Waals surface area contributed by atoms with Gasteiger partial charge in [0.25, 0.3) is 5.91 Å². The van der Waals surface area contributed by atoms with Crippen LogP contribution in [0.4, 0.5) is 5.69 Å². The zero-order chi connectivity index (χ0) is 19.6. The van der Waals surface area contributed by atoms with Crippen molar-refractivity contribution in [2.24, 2.45) is 0 Å². The average Bonchev–Trinajstić information content (AvgIpc) is 3.16. The molecule has 0 aliphatic heterocycles. The molecule has 0 aliphatic rings. The van der Waals surface area contributed by atoms with Gasteiger partial charge in [-0.3, -0.25) is 4.79 Å². The highest BCUT2D eigenvalue weighted by Crippen LogP contribution is 2.25. The van der Waals surface area contributed by atoms with E-state index in [-0.39, 0.29) is 10.8 Å². The van der Waals surface area contributed by atoms with Gasteiger partial charge in [0.1, 0.15) is 0 Å². The number of benzene rings is 2. The van der Waals surface area contributed by atoms with Crippen LogP contribution in [0.2, 0.25) is 5.02 Å². The van der Waals surface area contributed by atoms with Gasteiger partial charge in [-0.05, 0) is 48.5 Å². The summed E-state index contributed by atoms with van der Waals surface area (Å²) in [6.07, 6.45) is 3.38. The second-order valence-corrected chi connectivity index (χ2v) is 8.47. The maximum absolute atomic E-state index is 12.6. The number of nitrogens with zero attached hydrogens (tertiary/aromatic N) is 3. The maximum atomic E-state index is 12.6. The van der Waals surface area contributed by atoms with Crippen LogP contribution in [0.5, 0.6) is 0 Å². The van der Waals surface area contributed by atoms with Crippen LogP contribution in [-0.2, 0) is 10.0 Å². The van der Waals surface area contributed by atoms with E-state index in [4.69, 9.17) is 11.6 Å². The van der Waals surface area contributed by atoms with E-state index >= 15 is 0 Å². The number of carbonyl (C=O) groups is 1. The Kier molecular flexibility index (Phi) is 5.31. The minimum absolute atomic E-state index is 0.115. The van der Waals surface area contributed by atoms with E-state index in [1.165, 1.54) is 38.4 Å². The van der Waals surface area contributed by atoms with Crippen molar-refractivity contribution >= 4 is 33.2 Å². The highest BCUT2D eigenvalue weighted by Gasteiger charge is 2.18. The third-order valence-electron chi connectivity index (χ3n) is 3.85. The first kappa shape index (κ1) is 19.1. The number of carbonyl (C=O) groups excluding carboxylic acids is 1. The first-order chi connectivity index (χ1) is 12.8. The van der Waals surface area contributed by atoms with Crippen LogP contribution in [0.25, 0.3) is 5.69 Å². The van der Waals surface area contributed by atoms with Gasteiger partial charge in [0, 0.05) is 37.1 Å². The number of nitrogens with one attached hydrogen (secondary N) is 1. The molecule has 27 heavy (non-hydrogen) atoms. The largest absolute Gasteiger partial charge is 0.320 e. The lowest BCUT2D eigenvalue weighted by Gasteiger charge is -2.13. The van der Waals surface area contributed by atoms with Gasteiger partial charge in [-0.25, -0.2) is 17.4 Å². The molecule has 1 amide bonds. The quantitative estimate of drug-likeness (QED) is 0.708. The smallest absolute Gasteiger partial charge is 0.255 e. The van der Waals surface area contributed by atoms with Gasteiger partial charge in [-0.1, -0.05) is 11.6 Å². The zero-order valence-electron chi connectivity index (χ0n) is 14.6. The SMILES string of the molecule is CN(C)S(=O)(=O)c1ccc(C(=O)Nc2cc(Cl)ccc2-n2cccn2)cc1. The zero-order valence-corrected chi connectivity index (χ0v) is 16.2. The second kappa shape index (κ2) is 7.51. The Hall–Kier alpha value is -2.68. The molecular weight excluding hydrogens is 388 g/mol. The Balaban J connectivity index is 1.87. The van der Waals surface area contributed by atoms with Gasteiger partial charge >= 0.3 is 0 Å². The van der Waals surface area contributed by atoms with E-state index in [0.717, 1.165) is 4.31 Å². The van der Waals surface area contributed by atoms with Crippen molar-refractivity contribution in [3.63, 3.8) is 0 Å². The number of rotatable bonds is 5. The molecule has 7 nitrogen and oxygen atoms in total. The fraction of sp³-hybridized carbons (Fsp3) is 0.111. The lowest BCUT2D eigenvalue weighted by atomic mass is 10.2. The molecule has 0 saturated heterocycles. The van der Waals surface area contributed by atoms with E-state index in [1.807, 2.05) is 0 Å². The monoisotopic (exact) mass is 404 g/mol. The van der Waals surface area contributed by atoms with E-state index in [0.29, 0.717) is 22.0 Å². The molecule has 0 fully saturated rings. The summed E-state index contributed by atoms with van der Waals surface area (Å²) in [6, 6.07) is 12.6. The average molecular weight is 405 g/mol. The van der Waals surface area contributed by atoms with Gasteiger partial charge in [-0.2, -0.15) is 5.10 Å². The van der Waals surface area contributed by atoms with Crippen molar-refractivity contribution in [2.75, 3.05) is 19.4 Å². The lowest BCUT2D eigenvalue weighted by molar-refractivity contribution is 0.102. The van der Waals surface area contributed by atoms with Crippen molar-refractivity contribution in [1.82, 2.24) is 14.1 Å². The third-order valence-corrected chi connectivity index (χ3v) is 5.92. The van der Waals surface area contributed by atoms with Gasteiger partial charge in [0.05, 0.1) is 16.3 Å². The third kappa shape index (κ3) is 4.02. The van der Waals surface area contributed by atoms with Gasteiger partial charge in [0.2, 0.25) is 10.0 Å². The molecule has 3 aromatic rings. The van der Waals surface area contributed by atoms with Crippen LogP contribution in [-0.4, -0.2) is 42.5 Å². The molecule has 0 aliphatic carbocycles. The molecule has 3 rings (SSSR count). The van der Waals surface area contributed by atoms with E-state index in [1.54, 1.807) is 41.3 Å². The topological polar surface area (TPSA) is 84.3 Å². The van der Waals surface area contributed by atoms with Gasteiger partial charge < -0.3 is 5.32 Å². The molecule has 0 radical (unpaired) electrons. The minimum atomic E-state index is -3.55. The molecule has 1 aromatic heterocycles. The Morgan fingerprint density at radius 3 is 2.44 bits per heavy atom. The molecule has 2 aromatic carbocycles. The highest BCUT2D eigenvalue weighted by molar-refractivity contribution is 7.89. The van der Waals surface area contributed by atoms with Crippen LogP contribution in [0.1, 0.15) is 10.4 Å². The predicted octanol–water partition coefficient (Wildman–Crippen LogP) is 3.03. The molecule has 0 unspecified atom stereocenters. The van der Waals surface area contributed by atoms with Crippen molar-refractivity contribution < 1.29 is 13.2 Å². The number of halogens is 1. The fourth-order valence-electron chi connectivity index (χ4n) is 2.40. The fourth-order valence-corrected chi connectivity index (χ4v) is 3.48. The Bertz CT molecular complexity index is 1060. The van der Waals surface area contributed by atoms with Gasteiger partial charge in [-0.15, -0.1) is 0 Å².